The Morgan fingerprint density at radius 2 is 1.90 bits per heavy atom. The maximum Gasteiger partial charge on any atom is 0.328 e. The van der Waals surface area contributed by atoms with Gasteiger partial charge in [-0.1, -0.05) is 30.7 Å². The molecule has 2 atom stereocenters. The van der Waals surface area contributed by atoms with Gasteiger partial charge in [0, 0.05) is 49.1 Å². The molecule has 3 amide bonds. The minimum atomic E-state index is -0.516. The smallest absolute Gasteiger partial charge is 0.328 e. The predicted octanol–water partition coefficient (Wildman–Crippen LogP) is 3.95. The van der Waals surface area contributed by atoms with Crippen molar-refractivity contribution in [2.75, 3.05) is 13.6 Å². The highest BCUT2D eigenvalue weighted by molar-refractivity contribution is 7.11. The monoisotopic (exact) mass is 459 g/mol. The van der Waals surface area contributed by atoms with Crippen LogP contribution in [0.5, 0.6) is 0 Å². The SMILES string of the molecule is CCCN1C(=O)C2C(N=C(CCc3ncc(C)s3)N2Cc2ccc(Cl)cc2)N(C)C1=O. The van der Waals surface area contributed by atoms with Crippen LogP contribution in [0.1, 0.15) is 35.2 Å². The summed E-state index contributed by atoms with van der Waals surface area (Å²) in [6, 6.07) is 6.83. The number of imide groups is 1. The van der Waals surface area contributed by atoms with Crippen LogP contribution in [0.4, 0.5) is 4.79 Å². The number of carbonyl (C=O) groups is 2. The number of aliphatic imine (C=N–C) groups is 1. The van der Waals surface area contributed by atoms with Crippen molar-refractivity contribution >= 4 is 40.7 Å². The highest BCUT2D eigenvalue weighted by atomic mass is 35.5. The van der Waals surface area contributed by atoms with Crippen molar-refractivity contribution in [2.24, 2.45) is 4.99 Å². The molecule has 31 heavy (non-hydrogen) atoms. The van der Waals surface area contributed by atoms with E-state index in [9.17, 15) is 9.59 Å². The number of benzene rings is 1. The zero-order valence-electron chi connectivity index (χ0n) is 17.9. The highest BCUT2D eigenvalue weighted by Crippen LogP contribution is 2.31. The van der Waals surface area contributed by atoms with Crippen LogP contribution in [0, 0.1) is 6.92 Å². The number of nitrogens with zero attached hydrogens (tertiary/aromatic N) is 5. The summed E-state index contributed by atoms with van der Waals surface area (Å²) in [6.07, 6.45) is 3.50. The zero-order valence-corrected chi connectivity index (χ0v) is 19.5. The van der Waals surface area contributed by atoms with E-state index < -0.39 is 12.2 Å². The first-order valence-electron chi connectivity index (χ1n) is 10.5. The summed E-state index contributed by atoms with van der Waals surface area (Å²) in [5, 5.41) is 1.72. The number of aryl methyl sites for hydroxylation is 2. The minimum absolute atomic E-state index is 0.173. The van der Waals surface area contributed by atoms with Gasteiger partial charge in [-0.25, -0.2) is 14.8 Å². The summed E-state index contributed by atoms with van der Waals surface area (Å²) in [5.41, 5.74) is 1.04. The topological polar surface area (TPSA) is 69.1 Å². The molecule has 0 radical (unpaired) electrons. The lowest BCUT2D eigenvalue weighted by atomic mass is 10.1. The first kappa shape index (κ1) is 21.8. The second kappa shape index (κ2) is 8.96. The van der Waals surface area contributed by atoms with E-state index in [0.717, 1.165) is 29.2 Å². The van der Waals surface area contributed by atoms with Crippen LogP contribution >= 0.6 is 22.9 Å². The third kappa shape index (κ3) is 4.32. The number of fused-ring (bicyclic) bond motifs is 1. The lowest BCUT2D eigenvalue weighted by Crippen LogP contribution is -2.64. The first-order chi connectivity index (χ1) is 14.9. The molecule has 0 N–H and O–H groups in total. The third-order valence-electron chi connectivity index (χ3n) is 5.62. The molecule has 1 aromatic heterocycles. The van der Waals surface area contributed by atoms with E-state index in [2.05, 4.69) is 9.88 Å². The summed E-state index contributed by atoms with van der Waals surface area (Å²) in [6.45, 7) is 4.94. The molecule has 2 unspecified atom stereocenters. The van der Waals surface area contributed by atoms with Gasteiger partial charge in [0.1, 0.15) is 5.84 Å². The number of hydrogen-bond acceptors (Lipinski definition) is 6. The quantitative estimate of drug-likeness (QED) is 0.628. The fraction of sp³-hybridized carbons (Fsp3) is 0.455. The van der Waals surface area contributed by atoms with E-state index in [1.165, 1.54) is 9.78 Å². The maximum absolute atomic E-state index is 13.4. The van der Waals surface area contributed by atoms with E-state index in [-0.39, 0.29) is 11.9 Å². The molecule has 7 nitrogen and oxygen atoms in total. The number of carbonyl (C=O) groups excluding carboxylic acids is 2. The van der Waals surface area contributed by atoms with Gasteiger partial charge in [0.25, 0.3) is 5.91 Å². The molecule has 164 valence electrons. The van der Waals surface area contributed by atoms with Crippen molar-refractivity contribution in [2.45, 2.75) is 51.9 Å². The molecular weight excluding hydrogens is 434 g/mol. The van der Waals surface area contributed by atoms with Gasteiger partial charge in [0.15, 0.2) is 12.2 Å². The van der Waals surface area contributed by atoms with Crippen LogP contribution in [-0.4, -0.2) is 63.3 Å². The second-order valence-corrected chi connectivity index (χ2v) is 9.66. The average Bonchev–Trinajstić information content (AvgIpc) is 3.33. The van der Waals surface area contributed by atoms with Crippen molar-refractivity contribution < 1.29 is 9.59 Å². The molecule has 2 aliphatic rings. The number of amidine groups is 1. The Kier molecular flexibility index (Phi) is 6.29. The van der Waals surface area contributed by atoms with Gasteiger partial charge >= 0.3 is 6.03 Å². The van der Waals surface area contributed by atoms with Crippen LogP contribution in [-0.2, 0) is 17.8 Å². The molecule has 1 aromatic carbocycles. The molecule has 0 saturated carbocycles. The Morgan fingerprint density at radius 3 is 2.55 bits per heavy atom. The van der Waals surface area contributed by atoms with Gasteiger partial charge in [-0.05, 0) is 31.0 Å². The lowest BCUT2D eigenvalue weighted by molar-refractivity contribution is -0.137. The molecule has 9 heteroatoms. The van der Waals surface area contributed by atoms with E-state index in [1.807, 2.05) is 44.3 Å². The Labute approximate surface area is 191 Å². The molecule has 2 aromatic rings. The number of thiazole rings is 1. The number of aromatic nitrogens is 1. The van der Waals surface area contributed by atoms with Gasteiger partial charge in [-0.2, -0.15) is 0 Å². The molecule has 2 aliphatic heterocycles. The largest absolute Gasteiger partial charge is 0.340 e. The van der Waals surface area contributed by atoms with Gasteiger partial charge in [0.05, 0.1) is 5.01 Å². The predicted molar refractivity (Wildman–Crippen MR) is 122 cm³/mol. The fourth-order valence-electron chi connectivity index (χ4n) is 4.09. The molecule has 3 heterocycles. The first-order valence-corrected chi connectivity index (χ1v) is 11.7. The summed E-state index contributed by atoms with van der Waals surface area (Å²) < 4.78 is 0. The van der Waals surface area contributed by atoms with E-state index in [1.54, 1.807) is 23.3 Å². The average molecular weight is 460 g/mol. The van der Waals surface area contributed by atoms with Crippen molar-refractivity contribution in [3.8, 4) is 0 Å². The number of likely N-dealkylation sites (N-methyl/N-ethyl adjacent to an activating group) is 1. The van der Waals surface area contributed by atoms with E-state index >= 15 is 0 Å². The molecule has 1 fully saturated rings. The lowest BCUT2D eigenvalue weighted by Gasteiger charge is -2.41. The summed E-state index contributed by atoms with van der Waals surface area (Å²) in [5.74, 6) is 0.664. The van der Waals surface area contributed by atoms with Crippen LogP contribution in [0.25, 0.3) is 0 Å². The molecule has 4 rings (SSSR count). The van der Waals surface area contributed by atoms with Gasteiger partial charge < -0.3 is 9.80 Å². The summed E-state index contributed by atoms with van der Waals surface area (Å²) in [4.78, 5) is 41.6. The number of urea groups is 1. The van der Waals surface area contributed by atoms with Crippen LogP contribution < -0.4 is 0 Å². The number of hydrogen-bond donors (Lipinski definition) is 0. The van der Waals surface area contributed by atoms with E-state index in [4.69, 9.17) is 16.6 Å². The molecule has 0 spiro atoms. The standard InChI is InChI=1S/C22H26ClN5O2S/c1-4-11-27-21(29)19-20(26(3)22(27)30)25-17(9-10-18-24-12-14(2)31-18)28(19)13-15-5-7-16(23)8-6-15/h5-8,12,19-20H,4,9-11,13H2,1-3H3. The molecule has 0 bridgehead atoms. The summed E-state index contributed by atoms with van der Waals surface area (Å²) in [7, 11) is 1.73. The minimum Gasteiger partial charge on any atom is -0.340 e. The molecular formula is C22H26ClN5O2S. The van der Waals surface area contributed by atoms with Gasteiger partial charge in [-0.15, -0.1) is 11.3 Å². The van der Waals surface area contributed by atoms with Gasteiger partial charge in [0.2, 0.25) is 0 Å². The third-order valence-corrected chi connectivity index (χ3v) is 6.85. The highest BCUT2D eigenvalue weighted by Gasteiger charge is 2.51. The number of halogens is 1. The Hall–Kier alpha value is -2.45. The Balaban J connectivity index is 1.63. The maximum atomic E-state index is 13.4. The Bertz CT molecular complexity index is 1010. The fourth-order valence-corrected chi connectivity index (χ4v) is 5.00. The molecule has 1 saturated heterocycles. The summed E-state index contributed by atoms with van der Waals surface area (Å²) >= 11 is 7.72. The number of amides is 3. The van der Waals surface area contributed by atoms with Gasteiger partial charge in [-0.3, -0.25) is 9.69 Å². The van der Waals surface area contributed by atoms with E-state index in [0.29, 0.717) is 24.5 Å². The zero-order chi connectivity index (χ0) is 22.1. The normalized spacial score (nSPS) is 21.0. The van der Waals surface area contributed by atoms with Crippen molar-refractivity contribution in [3.05, 3.63) is 50.9 Å². The number of rotatable bonds is 7. The van der Waals surface area contributed by atoms with Crippen LogP contribution in [0.3, 0.4) is 0 Å². The van der Waals surface area contributed by atoms with Crippen molar-refractivity contribution in [1.82, 2.24) is 19.7 Å². The second-order valence-electron chi connectivity index (χ2n) is 7.91. The molecule has 0 aliphatic carbocycles. The van der Waals surface area contributed by atoms with Crippen LogP contribution in [0.15, 0.2) is 35.5 Å². The van der Waals surface area contributed by atoms with Crippen molar-refractivity contribution in [3.63, 3.8) is 0 Å². The van der Waals surface area contributed by atoms with Crippen LogP contribution in [0.2, 0.25) is 5.02 Å². The Morgan fingerprint density at radius 1 is 1.16 bits per heavy atom. The van der Waals surface area contributed by atoms with Crippen molar-refractivity contribution in [1.29, 1.82) is 0 Å².